The van der Waals surface area contributed by atoms with E-state index in [1.807, 2.05) is 0 Å². The van der Waals surface area contributed by atoms with E-state index in [4.69, 9.17) is 21.1 Å². The van der Waals surface area contributed by atoms with Crippen LogP contribution in [0.5, 0.6) is 0 Å². The number of nitrogens with one attached hydrogen (secondary N) is 4. The SMILES string of the molecule is COC(=O)N[C@H]1CCN(c2cc(C#N)cc(Nc3nc(NC4CC4)c4ncc(C#N)n4n3)c2Cl)C[C@H]1NC1(C)COC1. The maximum atomic E-state index is 12.1. The topological polar surface area (TPSA) is 178 Å². The van der Waals surface area contributed by atoms with Gasteiger partial charge in [0.1, 0.15) is 6.07 Å². The molecule has 0 spiro atoms. The van der Waals surface area contributed by atoms with E-state index >= 15 is 0 Å². The summed E-state index contributed by atoms with van der Waals surface area (Å²) < 4.78 is 11.7. The Bertz CT molecular complexity index is 1610. The Labute approximate surface area is 246 Å². The first-order valence-corrected chi connectivity index (χ1v) is 14.0. The average Bonchev–Trinajstić information content (AvgIpc) is 3.69. The van der Waals surface area contributed by atoms with E-state index in [2.05, 4.69) is 60.3 Å². The van der Waals surface area contributed by atoms with Gasteiger partial charge in [-0.05, 0) is 38.3 Å². The lowest BCUT2D eigenvalue weighted by Crippen LogP contribution is -2.69. The molecule has 14 nitrogen and oxygen atoms in total. The molecular weight excluding hydrogens is 562 g/mol. The lowest BCUT2D eigenvalue weighted by atomic mass is 9.92. The Morgan fingerprint density at radius 1 is 1.21 bits per heavy atom. The van der Waals surface area contributed by atoms with E-state index in [9.17, 15) is 15.3 Å². The molecule has 6 rings (SSSR count). The second-order valence-electron chi connectivity index (χ2n) is 11.1. The van der Waals surface area contributed by atoms with E-state index in [0.717, 1.165) is 12.8 Å². The summed E-state index contributed by atoms with van der Waals surface area (Å²) in [5, 5.41) is 37.4. The number of ether oxygens (including phenoxy) is 2. The van der Waals surface area contributed by atoms with Crippen molar-refractivity contribution in [3.63, 3.8) is 0 Å². The predicted molar refractivity (Wildman–Crippen MR) is 154 cm³/mol. The summed E-state index contributed by atoms with van der Waals surface area (Å²) in [6, 6.07) is 7.68. The molecular formula is C27H30ClN11O3. The number of rotatable bonds is 8. The summed E-state index contributed by atoms with van der Waals surface area (Å²) in [4.78, 5) is 23.1. The van der Waals surface area contributed by atoms with Crippen molar-refractivity contribution in [3.05, 3.63) is 34.6 Å². The molecule has 0 unspecified atom stereocenters. The first-order chi connectivity index (χ1) is 20.3. The molecule has 1 amide bonds. The third kappa shape index (κ3) is 5.56. The summed E-state index contributed by atoms with van der Waals surface area (Å²) in [6.07, 6.45) is 3.63. The molecule has 3 aliphatic rings. The van der Waals surface area contributed by atoms with Crippen LogP contribution in [-0.2, 0) is 9.47 Å². The lowest BCUT2D eigenvalue weighted by molar-refractivity contribution is -0.0713. The van der Waals surface area contributed by atoms with Crippen LogP contribution in [0.3, 0.4) is 0 Å². The van der Waals surface area contributed by atoms with Crippen molar-refractivity contribution in [1.82, 2.24) is 30.2 Å². The number of carbonyl (C=O) groups excluding carboxylic acids is 1. The Kier molecular flexibility index (Phi) is 7.36. The Morgan fingerprint density at radius 2 is 2.02 bits per heavy atom. The van der Waals surface area contributed by atoms with Crippen LogP contribution in [0.4, 0.5) is 27.9 Å². The number of hydrogen-bond donors (Lipinski definition) is 4. The van der Waals surface area contributed by atoms with Gasteiger partial charge in [0.05, 0.1) is 66.1 Å². The van der Waals surface area contributed by atoms with Crippen LogP contribution in [0, 0.1) is 22.7 Å². The minimum atomic E-state index is -0.490. The van der Waals surface area contributed by atoms with Gasteiger partial charge in [0.15, 0.2) is 17.2 Å². The highest BCUT2D eigenvalue weighted by Gasteiger charge is 2.40. The van der Waals surface area contributed by atoms with Crippen molar-refractivity contribution in [2.24, 2.45) is 0 Å². The third-order valence-electron chi connectivity index (χ3n) is 7.64. The number of imidazole rings is 1. The lowest BCUT2D eigenvalue weighted by Gasteiger charge is -2.47. The van der Waals surface area contributed by atoms with Gasteiger partial charge < -0.3 is 35.6 Å². The molecule has 42 heavy (non-hydrogen) atoms. The maximum absolute atomic E-state index is 12.1. The number of alkyl carbamates (subject to hydrolysis) is 1. The van der Waals surface area contributed by atoms with Crippen molar-refractivity contribution < 1.29 is 14.3 Å². The molecule has 2 aliphatic heterocycles. The number of hydrogen-bond acceptors (Lipinski definition) is 12. The van der Waals surface area contributed by atoms with Crippen LogP contribution in [0.2, 0.25) is 5.02 Å². The monoisotopic (exact) mass is 591 g/mol. The predicted octanol–water partition coefficient (Wildman–Crippen LogP) is 2.52. The number of halogens is 1. The Morgan fingerprint density at radius 3 is 2.69 bits per heavy atom. The number of amides is 1. The van der Waals surface area contributed by atoms with Gasteiger partial charge in [-0.25, -0.2) is 9.78 Å². The number of anilines is 4. The summed E-state index contributed by atoms with van der Waals surface area (Å²) in [5.41, 5.74) is 2.00. The minimum Gasteiger partial charge on any atom is -0.453 e. The molecule has 4 heterocycles. The van der Waals surface area contributed by atoms with Gasteiger partial charge >= 0.3 is 6.09 Å². The van der Waals surface area contributed by atoms with Crippen LogP contribution in [-0.4, -0.2) is 82.8 Å². The number of nitrogens with zero attached hydrogens (tertiary/aromatic N) is 7. The second-order valence-corrected chi connectivity index (χ2v) is 11.4. The highest BCUT2D eigenvalue weighted by molar-refractivity contribution is 6.36. The van der Waals surface area contributed by atoms with Crippen LogP contribution in [0.1, 0.15) is 37.4 Å². The van der Waals surface area contributed by atoms with Gasteiger partial charge in [-0.2, -0.15) is 20.0 Å². The van der Waals surface area contributed by atoms with Crippen LogP contribution >= 0.6 is 11.6 Å². The summed E-state index contributed by atoms with van der Waals surface area (Å²) >= 11 is 6.99. The fourth-order valence-electron chi connectivity index (χ4n) is 5.28. The first kappa shape index (κ1) is 27.8. The van der Waals surface area contributed by atoms with E-state index < -0.39 is 6.09 Å². The fourth-order valence-corrected chi connectivity index (χ4v) is 5.56. The largest absolute Gasteiger partial charge is 0.453 e. The van der Waals surface area contributed by atoms with E-state index in [1.165, 1.54) is 17.8 Å². The molecule has 1 aromatic carbocycles. The van der Waals surface area contributed by atoms with Crippen molar-refractivity contribution in [2.45, 2.75) is 49.9 Å². The number of aromatic nitrogens is 4. The zero-order valence-electron chi connectivity index (χ0n) is 23.1. The Balaban J connectivity index is 1.31. The molecule has 1 saturated carbocycles. The van der Waals surface area contributed by atoms with Crippen molar-refractivity contribution in [3.8, 4) is 12.1 Å². The van der Waals surface area contributed by atoms with Crippen LogP contribution < -0.4 is 26.2 Å². The van der Waals surface area contributed by atoms with Crippen LogP contribution in [0.25, 0.3) is 5.65 Å². The molecule has 0 bridgehead atoms. The Hall–Kier alpha value is -4.37. The third-order valence-corrected chi connectivity index (χ3v) is 8.04. The number of carbonyl (C=O) groups is 1. The molecule has 15 heteroatoms. The zero-order chi connectivity index (χ0) is 29.4. The van der Waals surface area contributed by atoms with E-state index in [-0.39, 0.29) is 29.3 Å². The number of nitriles is 2. The van der Waals surface area contributed by atoms with Gasteiger partial charge in [-0.15, -0.1) is 5.10 Å². The van der Waals surface area contributed by atoms with E-state index in [0.29, 0.717) is 72.2 Å². The molecule has 218 valence electrons. The highest BCUT2D eigenvalue weighted by atomic mass is 35.5. The van der Waals surface area contributed by atoms with E-state index in [1.54, 1.807) is 12.1 Å². The normalized spacial score (nSPS) is 21.1. The summed E-state index contributed by atoms with van der Waals surface area (Å²) in [6.45, 7) is 4.31. The molecule has 1 aliphatic carbocycles. The molecule has 3 aromatic rings. The minimum absolute atomic E-state index is 0.141. The van der Waals surface area contributed by atoms with Crippen molar-refractivity contribution >= 4 is 46.5 Å². The van der Waals surface area contributed by atoms with Gasteiger partial charge in [0.25, 0.3) is 0 Å². The number of benzene rings is 1. The number of methoxy groups -OCH3 is 1. The van der Waals surface area contributed by atoms with Gasteiger partial charge in [0.2, 0.25) is 5.95 Å². The molecule has 2 atom stereocenters. The standard InChI is InChI=1S/C27H30ClN11O3/c1-27(13-42-14-27)36-20-12-38(6-5-18(20)34-26(40)41-2)21-8-15(9-29)7-19(22(21)28)33-25-35-23(32-16-3-4-16)24-31-11-17(10-30)39(24)37-25/h7-8,11,16,18,20,36H,3-6,12-14H2,1-2H3,(H,34,40)(H2,32,33,35,37)/t18-,20+/m0/s1. The first-order valence-electron chi connectivity index (χ1n) is 13.7. The average molecular weight is 592 g/mol. The molecule has 2 saturated heterocycles. The van der Waals surface area contributed by atoms with Crippen molar-refractivity contribution in [1.29, 1.82) is 10.5 Å². The molecule has 4 N–H and O–H groups in total. The molecule has 2 aromatic heterocycles. The summed E-state index contributed by atoms with van der Waals surface area (Å²) in [5.74, 6) is 0.702. The fraction of sp³-hybridized carbons (Fsp3) is 0.481. The molecule has 0 radical (unpaired) electrons. The van der Waals surface area contributed by atoms with Crippen molar-refractivity contribution in [2.75, 3.05) is 48.9 Å². The second kappa shape index (κ2) is 11.1. The number of fused-ring (bicyclic) bond motifs is 1. The summed E-state index contributed by atoms with van der Waals surface area (Å²) in [7, 11) is 1.34. The zero-order valence-corrected chi connectivity index (χ0v) is 23.9. The quantitative estimate of drug-likeness (QED) is 0.301. The smallest absolute Gasteiger partial charge is 0.407 e. The highest BCUT2D eigenvalue weighted by Crippen LogP contribution is 2.38. The molecule has 3 fully saturated rings. The maximum Gasteiger partial charge on any atom is 0.407 e. The van der Waals surface area contributed by atoms with Crippen LogP contribution in [0.15, 0.2) is 18.3 Å². The van der Waals surface area contributed by atoms with Gasteiger partial charge in [0, 0.05) is 25.2 Å². The van der Waals surface area contributed by atoms with Gasteiger partial charge in [-0.3, -0.25) is 0 Å². The number of piperidine rings is 1. The van der Waals surface area contributed by atoms with Gasteiger partial charge in [-0.1, -0.05) is 11.6 Å².